The average Bonchev–Trinajstić information content (AvgIpc) is 3.29. The first kappa shape index (κ1) is 21.8. The van der Waals surface area contributed by atoms with E-state index >= 15 is 0 Å². The van der Waals surface area contributed by atoms with E-state index in [1.807, 2.05) is 30.3 Å². The van der Waals surface area contributed by atoms with E-state index in [2.05, 4.69) is 62.3 Å². The van der Waals surface area contributed by atoms with Gasteiger partial charge in [0.2, 0.25) is 0 Å². The van der Waals surface area contributed by atoms with Crippen LogP contribution in [0, 0.1) is 12.7 Å². The number of carbonyl (C=O) groups is 1. The lowest BCUT2D eigenvalue weighted by molar-refractivity contribution is -0.116. The molecule has 2 N–H and O–H groups in total. The molecule has 4 nitrogen and oxygen atoms in total. The number of rotatable bonds is 5. The topological polar surface area (TPSA) is 46.1 Å². The molecule has 0 radical (unpaired) electrons. The van der Waals surface area contributed by atoms with Crippen molar-refractivity contribution < 1.29 is 9.18 Å². The van der Waals surface area contributed by atoms with Crippen LogP contribution in [0.2, 0.25) is 0 Å². The first-order valence-corrected chi connectivity index (χ1v) is 12.2. The van der Waals surface area contributed by atoms with Crippen LogP contribution < -0.4 is 10.6 Å². The third-order valence-electron chi connectivity index (χ3n) is 5.70. The van der Waals surface area contributed by atoms with E-state index in [-0.39, 0.29) is 11.7 Å². The second-order valence-corrected chi connectivity index (χ2v) is 9.90. The van der Waals surface area contributed by atoms with Crippen LogP contribution in [0.4, 0.5) is 10.1 Å². The van der Waals surface area contributed by atoms with E-state index in [1.165, 1.54) is 23.4 Å². The maximum Gasteiger partial charge on any atom is 0.260 e. The van der Waals surface area contributed by atoms with Crippen LogP contribution in [0.25, 0.3) is 17.0 Å². The average molecular weight is 522 g/mol. The number of halogens is 2. The maximum absolute atomic E-state index is 14.0. The lowest BCUT2D eigenvalue weighted by atomic mass is 10.1. The van der Waals surface area contributed by atoms with Gasteiger partial charge in [-0.05, 0) is 48.9 Å². The predicted molar refractivity (Wildman–Crippen MR) is 137 cm³/mol. The summed E-state index contributed by atoms with van der Waals surface area (Å²) < 4.78 is 17.3. The highest BCUT2D eigenvalue weighted by molar-refractivity contribution is 9.10. The Bertz CT molecular complexity index is 1380. The molecular weight excluding hydrogens is 501 g/mol. The van der Waals surface area contributed by atoms with Crippen molar-refractivity contribution in [1.29, 1.82) is 0 Å². The van der Waals surface area contributed by atoms with E-state index in [1.54, 1.807) is 18.2 Å². The molecule has 7 heteroatoms. The van der Waals surface area contributed by atoms with Gasteiger partial charge >= 0.3 is 0 Å². The van der Waals surface area contributed by atoms with Gasteiger partial charge < -0.3 is 15.2 Å². The smallest absolute Gasteiger partial charge is 0.260 e. The predicted octanol–water partition coefficient (Wildman–Crippen LogP) is 6.50. The van der Waals surface area contributed by atoms with Gasteiger partial charge in [0, 0.05) is 33.2 Å². The minimum Gasteiger partial charge on any atom is -0.354 e. The fourth-order valence-electron chi connectivity index (χ4n) is 4.03. The number of nitrogens with one attached hydrogen (secondary N) is 2. The minimum absolute atomic E-state index is 0.169. The molecule has 0 saturated carbocycles. The number of fused-ring (bicyclic) bond motifs is 1. The quantitative estimate of drug-likeness (QED) is 0.294. The molecule has 1 aromatic heterocycles. The van der Waals surface area contributed by atoms with Crippen LogP contribution in [0.1, 0.15) is 16.8 Å². The van der Waals surface area contributed by atoms with E-state index in [4.69, 9.17) is 0 Å². The molecule has 2 heterocycles. The first-order chi connectivity index (χ1) is 16.0. The number of nitrogens with zero attached hydrogens (tertiary/aromatic N) is 1. The highest BCUT2D eigenvalue weighted by Crippen LogP contribution is 2.35. The van der Waals surface area contributed by atoms with Crippen LogP contribution in [-0.2, 0) is 11.3 Å². The normalized spacial score (nSPS) is 17.0. The van der Waals surface area contributed by atoms with Gasteiger partial charge in [-0.1, -0.05) is 70.2 Å². The molecule has 3 aromatic carbocycles. The van der Waals surface area contributed by atoms with Crippen LogP contribution in [0.5, 0.6) is 0 Å². The van der Waals surface area contributed by atoms with Gasteiger partial charge in [-0.25, -0.2) is 4.39 Å². The molecule has 1 unspecified atom stereocenters. The molecule has 0 bridgehead atoms. The fraction of sp³-hybridized carbons (Fsp3) is 0.115. The summed E-state index contributed by atoms with van der Waals surface area (Å²) in [6, 6.07) is 23.0. The summed E-state index contributed by atoms with van der Waals surface area (Å²) in [5, 5.41) is 7.04. The molecule has 4 aromatic rings. The standard InChI is InChI=1S/C26H21BrFN3OS/c1-16-20(14-24-25(32)30-26(33-24)29-22-8-4-3-7-21(22)28)19-6-2-5-9-23(19)31(16)15-17-10-12-18(27)13-11-17/h2-14,26,29H,15H2,1H3,(H,30,32)/b24-14-. The van der Waals surface area contributed by atoms with Crippen LogP contribution in [0.3, 0.4) is 0 Å². The number of para-hydroxylation sites is 2. The van der Waals surface area contributed by atoms with Gasteiger partial charge in [0.05, 0.1) is 10.6 Å². The number of carbonyl (C=O) groups excluding carboxylic acids is 1. The molecule has 1 fully saturated rings. The molecule has 0 spiro atoms. The third-order valence-corrected chi connectivity index (χ3v) is 7.26. The molecule has 1 saturated heterocycles. The van der Waals surface area contributed by atoms with Gasteiger partial charge in [-0.3, -0.25) is 4.79 Å². The molecule has 33 heavy (non-hydrogen) atoms. The summed E-state index contributed by atoms with van der Waals surface area (Å²) in [4.78, 5) is 13.3. The van der Waals surface area contributed by atoms with Gasteiger partial charge in [0.15, 0.2) is 5.50 Å². The molecular formula is C26H21BrFN3OS. The minimum atomic E-state index is -0.433. The van der Waals surface area contributed by atoms with Crippen LogP contribution in [0.15, 0.2) is 82.2 Å². The molecule has 166 valence electrons. The van der Waals surface area contributed by atoms with Crippen LogP contribution >= 0.6 is 27.7 Å². The Morgan fingerprint density at radius 1 is 1.09 bits per heavy atom. The molecule has 1 aliphatic heterocycles. The highest BCUT2D eigenvalue weighted by atomic mass is 79.9. The van der Waals surface area contributed by atoms with Crippen molar-refractivity contribution in [3.63, 3.8) is 0 Å². The zero-order chi connectivity index (χ0) is 22.9. The SMILES string of the molecule is Cc1c(/C=C2\SC(Nc3ccccc3F)NC2=O)c2ccccc2n1Cc1ccc(Br)cc1. The Morgan fingerprint density at radius 2 is 1.82 bits per heavy atom. The number of hydrogen-bond acceptors (Lipinski definition) is 3. The summed E-state index contributed by atoms with van der Waals surface area (Å²) in [5.74, 6) is -0.519. The molecule has 1 amide bonds. The number of thioether (sulfide) groups is 1. The third kappa shape index (κ3) is 4.43. The Balaban J connectivity index is 1.47. The summed E-state index contributed by atoms with van der Waals surface area (Å²) in [5.41, 5.74) is 4.35. The van der Waals surface area contributed by atoms with Crippen molar-refractivity contribution >= 4 is 56.3 Å². The number of amides is 1. The van der Waals surface area contributed by atoms with Gasteiger partial charge in [-0.2, -0.15) is 0 Å². The zero-order valence-corrected chi connectivity index (χ0v) is 20.2. The highest BCUT2D eigenvalue weighted by Gasteiger charge is 2.28. The summed E-state index contributed by atoms with van der Waals surface area (Å²) in [6.07, 6.45) is 1.94. The molecule has 0 aliphatic carbocycles. The summed E-state index contributed by atoms with van der Waals surface area (Å²) in [7, 11) is 0. The number of benzene rings is 3. The largest absolute Gasteiger partial charge is 0.354 e. The molecule has 1 aliphatic rings. The fourth-order valence-corrected chi connectivity index (χ4v) is 5.25. The number of hydrogen-bond donors (Lipinski definition) is 2. The Labute approximate surface area is 204 Å². The number of anilines is 1. The first-order valence-electron chi connectivity index (χ1n) is 10.5. The summed E-state index contributed by atoms with van der Waals surface area (Å²) in [6.45, 7) is 2.82. The van der Waals surface area contributed by atoms with Crippen molar-refractivity contribution in [3.8, 4) is 0 Å². The van der Waals surface area contributed by atoms with Crippen molar-refractivity contribution in [1.82, 2.24) is 9.88 Å². The van der Waals surface area contributed by atoms with Gasteiger partial charge in [0.1, 0.15) is 5.82 Å². The van der Waals surface area contributed by atoms with E-state index < -0.39 is 5.50 Å². The zero-order valence-electron chi connectivity index (χ0n) is 17.8. The van der Waals surface area contributed by atoms with E-state index in [0.717, 1.165) is 33.2 Å². The second-order valence-electron chi connectivity index (χ2n) is 7.83. The lowest BCUT2D eigenvalue weighted by Gasteiger charge is -2.13. The molecule has 1 atom stereocenters. The summed E-state index contributed by atoms with van der Waals surface area (Å²) >= 11 is 4.85. The van der Waals surface area contributed by atoms with Crippen molar-refractivity contribution in [2.45, 2.75) is 19.0 Å². The monoisotopic (exact) mass is 521 g/mol. The second kappa shape index (κ2) is 9.08. The van der Waals surface area contributed by atoms with Gasteiger partial charge in [-0.15, -0.1) is 0 Å². The van der Waals surface area contributed by atoms with E-state index in [9.17, 15) is 9.18 Å². The maximum atomic E-state index is 14.0. The van der Waals surface area contributed by atoms with Crippen molar-refractivity contribution in [3.05, 3.63) is 105 Å². The Morgan fingerprint density at radius 3 is 2.61 bits per heavy atom. The van der Waals surface area contributed by atoms with Crippen molar-refractivity contribution in [2.75, 3.05) is 5.32 Å². The lowest BCUT2D eigenvalue weighted by Crippen LogP contribution is -2.31. The van der Waals surface area contributed by atoms with Gasteiger partial charge in [0.25, 0.3) is 5.91 Å². The van der Waals surface area contributed by atoms with Crippen LogP contribution in [-0.4, -0.2) is 16.0 Å². The number of aromatic nitrogens is 1. The van der Waals surface area contributed by atoms with E-state index in [0.29, 0.717) is 10.6 Å². The van der Waals surface area contributed by atoms with Crippen molar-refractivity contribution in [2.24, 2.45) is 0 Å². The molecule has 5 rings (SSSR count). The Hall–Kier alpha value is -3.03. The Kier molecular flexibility index (Phi) is 6.00.